The highest BCUT2D eigenvalue weighted by Gasteiger charge is 2.35. The second-order valence-electron chi connectivity index (χ2n) is 5.30. The van der Waals surface area contributed by atoms with Crippen LogP contribution in [-0.4, -0.2) is 49.0 Å². The molecule has 102 valence electrons. The molecule has 1 aliphatic carbocycles. The summed E-state index contributed by atoms with van der Waals surface area (Å²) in [5.41, 5.74) is 7.05. The van der Waals surface area contributed by atoms with Crippen LogP contribution >= 0.6 is 0 Å². The maximum absolute atomic E-state index is 5.82. The molecule has 2 rings (SSSR count). The van der Waals surface area contributed by atoms with Crippen LogP contribution in [0.15, 0.2) is 6.20 Å². The van der Waals surface area contributed by atoms with Crippen LogP contribution in [0.25, 0.3) is 0 Å². The van der Waals surface area contributed by atoms with Gasteiger partial charge in [-0.25, -0.2) is 0 Å². The lowest BCUT2D eigenvalue weighted by Gasteiger charge is -2.36. The highest BCUT2D eigenvalue weighted by molar-refractivity contribution is 5.31. The number of ether oxygens (including phenoxy) is 1. The van der Waals surface area contributed by atoms with Gasteiger partial charge in [0.1, 0.15) is 0 Å². The molecule has 5 heteroatoms. The van der Waals surface area contributed by atoms with Gasteiger partial charge in [-0.05, 0) is 39.4 Å². The second kappa shape index (κ2) is 5.71. The van der Waals surface area contributed by atoms with Crippen molar-refractivity contribution in [1.82, 2.24) is 14.7 Å². The Labute approximate surface area is 109 Å². The molecular formula is C13H24N4O. The molecule has 5 nitrogen and oxygen atoms in total. The Morgan fingerprint density at radius 2 is 2.28 bits per heavy atom. The molecule has 2 N–H and O–H groups in total. The van der Waals surface area contributed by atoms with Crippen LogP contribution in [0.2, 0.25) is 0 Å². The van der Waals surface area contributed by atoms with Crippen LogP contribution in [-0.2, 0) is 6.54 Å². The molecule has 1 aromatic rings. The number of nitrogens with two attached hydrogens (primary N) is 1. The van der Waals surface area contributed by atoms with E-state index in [-0.39, 0.29) is 0 Å². The number of aromatic nitrogens is 2. The predicted molar refractivity (Wildman–Crippen MR) is 71.9 cm³/mol. The van der Waals surface area contributed by atoms with Crippen molar-refractivity contribution in [3.63, 3.8) is 0 Å². The summed E-state index contributed by atoms with van der Waals surface area (Å²) in [6.45, 7) is 2.64. The first kappa shape index (κ1) is 13.4. The van der Waals surface area contributed by atoms with E-state index in [1.54, 1.807) is 7.11 Å². The average Bonchev–Trinajstić information content (AvgIpc) is 2.69. The van der Waals surface area contributed by atoms with E-state index in [1.165, 1.54) is 18.5 Å². The number of methoxy groups -OCH3 is 1. The minimum absolute atomic E-state index is 0.523. The van der Waals surface area contributed by atoms with E-state index >= 15 is 0 Å². The molecule has 2 atom stereocenters. The molecule has 0 aromatic carbocycles. The van der Waals surface area contributed by atoms with Crippen molar-refractivity contribution < 1.29 is 4.74 Å². The van der Waals surface area contributed by atoms with Gasteiger partial charge in [0.25, 0.3) is 0 Å². The lowest BCUT2D eigenvalue weighted by atomic mass is 9.71. The molecule has 0 saturated heterocycles. The molecule has 1 aliphatic rings. The molecule has 1 saturated carbocycles. The normalized spacial score (nSPS) is 23.2. The summed E-state index contributed by atoms with van der Waals surface area (Å²) in [4.78, 5) is 2.17. The van der Waals surface area contributed by atoms with E-state index in [0.717, 1.165) is 25.4 Å². The Kier molecular flexibility index (Phi) is 4.24. The molecule has 0 radical (unpaired) electrons. The molecule has 1 fully saturated rings. The molecule has 18 heavy (non-hydrogen) atoms. The maximum Gasteiger partial charge on any atom is 0.160 e. The monoisotopic (exact) mass is 252 g/mol. The highest BCUT2D eigenvalue weighted by atomic mass is 16.5. The number of likely N-dealkylation sites (N-methyl/N-ethyl adjacent to an activating group) is 1. The van der Waals surface area contributed by atoms with E-state index in [1.807, 2.05) is 6.20 Å². The number of hydrogen-bond donors (Lipinski definition) is 1. The van der Waals surface area contributed by atoms with E-state index < -0.39 is 0 Å². The maximum atomic E-state index is 5.82. The fraction of sp³-hybridized carbons (Fsp3) is 0.769. The predicted octanol–water partition coefficient (Wildman–Crippen LogP) is 0.906. The van der Waals surface area contributed by atoms with Gasteiger partial charge >= 0.3 is 0 Å². The number of hydrogen-bond acceptors (Lipinski definition) is 4. The van der Waals surface area contributed by atoms with Crippen LogP contribution < -0.4 is 10.5 Å². The average molecular weight is 252 g/mol. The van der Waals surface area contributed by atoms with Gasteiger partial charge in [0, 0.05) is 12.5 Å². The molecule has 0 amide bonds. The van der Waals surface area contributed by atoms with Gasteiger partial charge in [-0.1, -0.05) is 0 Å². The summed E-state index contributed by atoms with van der Waals surface area (Å²) >= 11 is 0. The quantitative estimate of drug-likeness (QED) is 0.817. The molecule has 1 heterocycles. The van der Waals surface area contributed by atoms with Crippen molar-refractivity contribution in [2.24, 2.45) is 11.7 Å². The Balaban J connectivity index is 2.17. The van der Waals surface area contributed by atoms with Gasteiger partial charge in [0.05, 0.1) is 25.5 Å². The standard InChI is InChI=1S/C13H24N4O/c1-16(2)6-7-17-13(12(18-3)9-15-17)11-5-4-10(11)8-14/h9-11H,4-8,14H2,1-3H3. The van der Waals surface area contributed by atoms with Crippen molar-refractivity contribution in [3.8, 4) is 5.75 Å². The zero-order valence-electron chi connectivity index (χ0n) is 11.6. The molecule has 0 spiro atoms. The molecule has 0 aliphatic heterocycles. The molecule has 1 aromatic heterocycles. The van der Waals surface area contributed by atoms with E-state index in [9.17, 15) is 0 Å². The van der Waals surface area contributed by atoms with E-state index in [4.69, 9.17) is 10.5 Å². The van der Waals surface area contributed by atoms with Crippen LogP contribution in [0.1, 0.15) is 24.5 Å². The summed E-state index contributed by atoms with van der Waals surface area (Å²) in [5, 5.41) is 4.45. The van der Waals surface area contributed by atoms with Crippen LogP contribution in [0, 0.1) is 5.92 Å². The first-order valence-electron chi connectivity index (χ1n) is 6.61. The minimum Gasteiger partial charge on any atom is -0.493 e. The largest absolute Gasteiger partial charge is 0.493 e. The first-order chi connectivity index (χ1) is 8.67. The first-order valence-corrected chi connectivity index (χ1v) is 6.61. The topological polar surface area (TPSA) is 56.3 Å². The molecular weight excluding hydrogens is 228 g/mol. The zero-order chi connectivity index (χ0) is 13.1. The lowest BCUT2D eigenvalue weighted by Crippen LogP contribution is -2.33. The Morgan fingerprint density at radius 1 is 1.50 bits per heavy atom. The van der Waals surface area contributed by atoms with E-state index in [0.29, 0.717) is 11.8 Å². The zero-order valence-corrected chi connectivity index (χ0v) is 11.6. The third-order valence-electron chi connectivity index (χ3n) is 3.90. The van der Waals surface area contributed by atoms with Crippen molar-refractivity contribution in [3.05, 3.63) is 11.9 Å². The van der Waals surface area contributed by atoms with Gasteiger partial charge in [-0.15, -0.1) is 0 Å². The minimum atomic E-state index is 0.523. The molecule has 0 bridgehead atoms. The van der Waals surface area contributed by atoms with Gasteiger partial charge in [-0.3, -0.25) is 4.68 Å². The Morgan fingerprint density at radius 3 is 2.78 bits per heavy atom. The van der Waals surface area contributed by atoms with Crippen molar-refractivity contribution in [2.75, 3.05) is 34.3 Å². The summed E-state index contributed by atoms with van der Waals surface area (Å²) in [7, 11) is 5.87. The fourth-order valence-corrected chi connectivity index (χ4v) is 2.59. The number of rotatable bonds is 6. The lowest BCUT2D eigenvalue weighted by molar-refractivity contribution is 0.239. The van der Waals surface area contributed by atoms with Crippen LogP contribution in [0.4, 0.5) is 0 Å². The van der Waals surface area contributed by atoms with Gasteiger partial charge in [0.2, 0.25) is 0 Å². The summed E-state index contributed by atoms with van der Waals surface area (Å²) in [5.74, 6) is 2.03. The van der Waals surface area contributed by atoms with Crippen molar-refractivity contribution in [1.29, 1.82) is 0 Å². The Hall–Kier alpha value is -1.07. The van der Waals surface area contributed by atoms with Crippen molar-refractivity contribution >= 4 is 0 Å². The van der Waals surface area contributed by atoms with Gasteiger partial charge in [0.15, 0.2) is 5.75 Å². The van der Waals surface area contributed by atoms with Crippen LogP contribution in [0.5, 0.6) is 5.75 Å². The SMILES string of the molecule is COc1cnn(CCN(C)C)c1C1CCC1CN. The third-order valence-corrected chi connectivity index (χ3v) is 3.90. The van der Waals surface area contributed by atoms with Crippen LogP contribution in [0.3, 0.4) is 0 Å². The third kappa shape index (κ3) is 2.52. The summed E-state index contributed by atoms with van der Waals surface area (Å²) in [6, 6.07) is 0. The number of nitrogens with zero attached hydrogens (tertiary/aromatic N) is 3. The smallest absolute Gasteiger partial charge is 0.160 e. The van der Waals surface area contributed by atoms with Gasteiger partial charge in [-0.2, -0.15) is 5.10 Å². The highest BCUT2D eigenvalue weighted by Crippen LogP contribution is 2.45. The Bertz CT molecular complexity index is 386. The van der Waals surface area contributed by atoms with Crippen molar-refractivity contribution in [2.45, 2.75) is 25.3 Å². The molecule has 2 unspecified atom stereocenters. The summed E-state index contributed by atoms with van der Waals surface area (Å²) < 4.78 is 7.53. The fourth-order valence-electron chi connectivity index (χ4n) is 2.59. The second-order valence-corrected chi connectivity index (χ2v) is 5.30. The van der Waals surface area contributed by atoms with E-state index in [2.05, 4.69) is 28.8 Å². The van der Waals surface area contributed by atoms with Gasteiger partial charge < -0.3 is 15.4 Å². The summed E-state index contributed by atoms with van der Waals surface area (Å²) in [6.07, 6.45) is 4.26.